The lowest BCUT2D eigenvalue weighted by Gasteiger charge is -2.30. The van der Waals surface area contributed by atoms with Crippen LogP contribution in [0.5, 0.6) is 0 Å². The number of likely N-dealkylation sites (tertiary alicyclic amines) is 1. The number of imidazole rings is 1. The van der Waals surface area contributed by atoms with Crippen molar-refractivity contribution in [2.45, 2.75) is 133 Å². The van der Waals surface area contributed by atoms with E-state index in [-0.39, 0.29) is 37.9 Å². The van der Waals surface area contributed by atoms with E-state index in [2.05, 4.69) is 52.5 Å². The molecule has 418 valence electrons. The molecule has 30 nitrogen and oxygen atoms in total. The molecule has 2 rings (SSSR count). The summed E-state index contributed by atoms with van der Waals surface area (Å²) in [7, 11) is 0. The first kappa shape index (κ1) is 63.7. The predicted molar refractivity (Wildman–Crippen MR) is 264 cm³/mol. The third kappa shape index (κ3) is 23.1. The molecular formula is C44H70N14O16S. The predicted octanol–water partition coefficient (Wildman–Crippen LogP) is -5.75. The molecule has 1 aliphatic heterocycles. The van der Waals surface area contributed by atoms with Gasteiger partial charge in [0.25, 0.3) is 0 Å². The van der Waals surface area contributed by atoms with E-state index in [9.17, 15) is 77.6 Å². The van der Waals surface area contributed by atoms with Gasteiger partial charge >= 0.3 is 17.9 Å². The van der Waals surface area contributed by atoms with Crippen LogP contribution in [0.3, 0.4) is 0 Å². The molecule has 2 heterocycles. The number of carboxylic acid groups (broad SMARTS) is 3. The zero-order valence-corrected chi connectivity index (χ0v) is 42.7. The Balaban J connectivity index is 2.13. The number of amides is 10. The number of H-pyrrole nitrogens is 1. The number of hydrogen-bond donors (Lipinski definition) is 15. The molecule has 1 aromatic heterocycles. The Morgan fingerprint density at radius 2 is 1.35 bits per heavy atom. The van der Waals surface area contributed by atoms with Crippen molar-refractivity contribution in [2.24, 2.45) is 23.1 Å². The summed E-state index contributed by atoms with van der Waals surface area (Å²) in [6.07, 6.45) is 3.07. The summed E-state index contributed by atoms with van der Waals surface area (Å²) in [5.41, 5.74) is 17.1. The first-order valence-electron chi connectivity index (χ1n) is 23.9. The summed E-state index contributed by atoms with van der Waals surface area (Å²) in [5, 5.41) is 47.4. The van der Waals surface area contributed by atoms with E-state index >= 15 is 0 Å². The van der Waals surface area contributed by atoms with Gasteiger partial charge in [0, 0.05) is 25.6 Å². The van der Waals surface area contributed by atoms with Gasteiger partial charge < -0.3 is 84.9 Å². The number of nitrogens with two attached hydrogens (primary N) is 3. The van der Waals surface area contributed by atoms with Gasteiger partial charge in [0.2, 0.25) is 59.1 Å². The smallest absolute Gasteiger partial charge is 0.326 e. The monoisotopic (exact) mass is 1080 g/mol. The molecule has 0 saturated carbocycles. The largest absolute Gasteiger partial charge is 0.481 e. The van der Waals surface area contributed by atoms with E-state index in [1.165, 1.54) is 38.1 Å². The van der Waals surface area contributed by atoms with E-state index in [1.807, 2.05) is 6.26 Å². The van der Waals surface area contributed by atoms with Gasteiger partial charge in [-0.25, -0.2) is 9.78 Å². The second-order valence-electron chi connectivity index (χ2n) is 17.8. The highest BCUT2D eigenvalue weighted by Gasteiger charge is 2.40. The number of aromatic nitrogens is 2. The van der Waals surface area contributed by atoms with Crippen molar-refractivity contribution >= 4 is 88.7 Å². The highest BCUT2D eigenvalue weighted by Crippen LogP contribution is 2.20. The van der Waals surface area contributed by atoms with E-state index in [0.29, 0.717) is 31.6 Å². The maximum atomic E-state index is 13.9. The summed E-state index contributed by atoms with van der Waals surface area (Å²) < 4.78 is 0. The third-order valence-electron chi connectivity index (χ3n) is 11.4. The van der Waals surface area contributed by atoms with Gasteiger partial charge in [0.05, 0.1) is 44.0 Å². The third-order valence-corrected chi connectivity index (χ3v) is 12.1. The van der Waals surface area contributed by atoms with Gasteiger partial charge in [-0.2, -0.15) is 11.8 Å². The minimum Gasteiger partial charge on any atom is -0.481 e. The second kappa shape index (κ2) is 32.7. The maximum Gasteiger partial charge on any atom is 0.326 e. The molecule has 75 heavy (non-hydrogen) atoms. The summed E-state index contributed by atoms with van der Waals surface area (Å²) in [6.45, 7) is 1.58. The fraction of sp³-hybridized carbons (Fsp3) is 0.636. The zero-order valence-electron chi connectivity index (χ0n) is 41.8. The van der Waals surface area contributed by atoms with Crippen LogP contribution in [-0.4, -0.2) is 194 Å². The number of thioether (sulfide) groups is 1. The maximum absolute atomic E-state index is 13.9. The number of nitrogens with zero attached hydrogens (tertiary/aromatic N) is 2. The molecule has 0 unspecified atom stereocenters. The van der Waals surface area contributed by atoms with Crippen LogP contribution < -0.4 is 59.7 Å². The standard InChI is InChI=1S/C44H70N14O16S/c1-22(2)36(57-33(61)20-49-38(67)26(9-10-34(62)63)54-39(68)25(7-4-5-12-45)53-37(66)24(46)11-14-75-3)42(71)55-28(17-35(64)65)43(72)58-13-6-8-30(58)41(70)50-19-32(60)52-27(16-31(47)59)40(69)56-29(44(73)74)15-23-18-48-21-51-23/h18,21-22,24-30,36H,4-17,19-20,45-46H2,1-3H3,(H2,47,59)(H,48,51)(H,49,67)(H,50,70)(H,52,60)(H,53,66)(H,54,68)(H,55,71)(H,56,69)(H,57,61)(H,62,63)(H,64,65)(H,73,74)/t24-,25-,26-,27-,28-,29-,30-,36-/m0/s1. The van der Waals surface area contributed by atoms with Crippen molar-refractivity contribution < 1.29 is 77.6 Å². The Labute approximate surface area is 435 Å². The number of rotatable bonds is 35. The van der Waals surface area contributed by atoms with Crippen molar-refractivity contribution in [1.29, 1.82) is 0 Å². The Hall–Kier alpha value is -7.41. The van der Waals surface area contributed by atoms with Gasteiger partial charge in [0.1, 0.15) is 42.3 Å². The van der Waals surface area contributed by atoms with Crippen molar-refractivity contribution in [3.63, 3.8) is 0 Å². The van der Waals surface area contributed by atoms with Crippen molar-refractivity contribution in [3.8, 4) is 0 Å². The lowest BCUT2D eigenvalue weighted by atomic mass is 10.0. The van der Waals surface area contributed by atoms with E-state index in [0.717, 1.165) is 4.90 Å². The molecule has 1 saturated heterocycles. The summed E-state index contributed by atoms with van der Waals surface area (Å²) in [4.78, 5) is 174. The van der Waals surface area contributed by atoms with Gasteiger partial charge in [-0.05, 0) is 69.4 Å². The lowest BCUT2D eigenvalue weighted by molar-refractivity contribution is -0.146. The number of aliphatic carboxylic acids is 3. The van der Waals surface area contributed by atoms with Gasteiger partial charge in [-0.3, -0.25) is 57.5 Å². The summed E-state index contributed by atoms with van der Waals surface area (Å²) in [6, 6.07) is -11.4. The topological polar surface area (TPSA) is 489 Å². The molecule has 0 radical (unpaired) electrons. The van der Waals surface area contributed by atoms with Crippen LogP contribution in [0.4, 0.5) is 0 Å². The fourth-order valence-corrected chi connectivity index (χ4v) is 7.93. The van der Waals surface area contributed by atoms with E-state index < -0.39 is 170 Å². The highest BCUT2D eigenvalue weighted by atomic mass is 32.2. The summed E-state index contributed by atoms with van der Waals surface area (Å²) >= 11 is 1.46. The average molecular weight is 1080 g/mol. The van der Waals surface area contributed by atoms with Crippen molar-refractivity contribution in [1.82, 2.24) is 57.4 Å². The van der Waals surface area contributed by atoms with Gasteiger partial charge in [-0.15, -0.1) is 0 Å². The SMILES string of the molecule is CSCC[C@H](N)C(=O)N[C@@H](CCCCN)C(=O)N[C@@H](CCC(=O)O)C(=O)NCC(=O)N[C@H](C(=O)N[C@@H](CC(=O)O)C(=O)N1CCC[C@H]1C(=O)NCC(=O)N[C@@H](CC(N)=O)C(=O)N[C@@H](Cc1c[nH]cn1)C(=O)O)C(C)C. The number of primary amides is 1. The van der Waals surface area contributed by atoms with Crippen LogP contribution in [0, 0.1) is 5.92 Å². The second-order valence-corrected chi connectivity index (χ2v) is 18.7. The van der Waals surface area contributed by atoms with Crippen LogP contribution in [0.25, 0.3) is 0 Å². The quantitative estimate of drug-likeness (QED) is 0.0282. The highest BCUT2D eigenvalue weighted by molar-refractivity contribution is 7.98. The average Bonchev–Trinajstić information content (AvgIpc) is 4.06. The number of aromatic amines is 1. The van der Waals surface area contributed by atoms with Crippen LogP contribution in [0.15, 0.2) is 12.5 Å². The van der Waals surface area contributed by atoms with E-state index in [1.54, 1.807) is 0 Å². The van der Waals surface area contributed by atoms with E-state index in [4.69, 9.17) is 17.2 Å². The Bertz CT molecular complexity index is 2180. The molecule has 1 fully saturated rings. The first-order chi connectivity index (χ1) is 35.4. The molecule has 10 amide bonds. The minimum atomic E-state index is -1.80. The van der Waals surface area contributed by atoms with Crippen LogP contribution in [0.1, 0.15) is 83.7 Å². The Morgan fingerprint density at radius 3 is 1.93 bits per heavy atom. The first-order valence-corrected chi connectivity index (χ1v) is 25.3. The molecule has 8 atom stereocenters. The van der Waals surface area contributed by atoms with Crippen LogP contribution in [0.2, 0.25) is 0 Å². The molecule has 0 spiro atoms. The van der Waals surface area contributed by atoms with Gasteiger partial charge in [-0.1, -0.05) is 13.8 Å². The molecule has 0 aromatic carbocycles. The molecule has 1 aromatic rings. The number of unbranched alkanes of at least 4 members (excludes halogenated alkanes) is 1. The molecule has 18 N–H and O–H groups in total. The fourth-order valence-electron chi connectivity index (χ4n) is 7.44. The Morgan fingerprint density at radius 1 is 0.733 bits per heavy atom. The van der Waals surface area contributed by atoms with Crippen molar-refractivity contribution in [2.75, 3.05) is 38.2 Å². The zero-order chi connectivity index (χ0) is 56.4. The minimum absolute atomic E-state index is 0.0303. The van der Waals surface area contributed by atoms with Crippen LogP contribution >= 0.6 is 11.8 Å². The lowest BCUT2D eigenvalue weighted by Crippen LogP contribution is -2.59. The summed E-state index contributed by atoms with van der Waals surface area (Å²) in [5.74, 6) is -13.9. The molecular weight excluding hydrogens is 1010 g/mol. The van der Waals surface area contributed by atoms with Crippen molar-refractivity contribution in [3.05, 3.63) is 18.2 Å². The molecule has 1 aliphatic rings. The number of hydrogen-bond acceptors (Lipinski definition) is 17. The molecule has 0 bridgehead atoms. The molecule has 0 aliphatic carbocycles. The van der Waals surface area contributed by atoms with Gasteiger partial charge in [0.15, 0.2) is 0 Å². The number of nitrogens with one attached hydrogen (secondary N) is 9. The Kier molecular flexibility index (Phi) is 27.8. The van der Waals surface area contributed by atoms with Crippen LogP contribution in [-0.2, 0) is 68.7 Å². The number of carboxylic acids is 3. The molecule has 31 heteroatoms. The number of carbonyl (C=O) groups excluding carboxylic acids is 10. The number of carbonyl (C=O) groups is 13. The normalized spacial score (nSPS) is 15.8.